The Bertz CT molecular complexity index is 1110. The fourth-order valence-electron chi connectivity index (χ4n) is 7.79. The molecule has 1 fully saturated rings. The molecule has 1 aliphatic rings. The lowest BCUT2D eigenvalue weighted by atomic mass is 9.99. The molecule has 0 aromatic heterocycles. The average molecular weight is 864 g/mol. The fourth-order valence-corrected chi connectivity index (χ4v) is 8.30. The van der Waals surface area contributed by atoms with Crippen molar-refractivity contribution >= 4 is 16.3 Å². The fraction of sp³-hybridized carbons (Fsp3) is 0.935. The first kappa shape index (κ1) is 55.9. The van der Waals surface area contributed by atoms with E-state index >= 15 is 0 Å². The van der Waals surface area contributed by atoms with E-state index in [-0.39, 0.29) is 18.9 Å². The second-order valence-corrected chi connectivity index (χ2v) is 18.1. The predicted octanol–water partition coefficient (Wildman–Crippen LogP) is 9.55. The van der Waals surface area contributed by atoms with Gasteiger partial charge in [-0.15, -0.1) is 0 Å². The van der Waals surface area contributed by atoms with Crippen LogP contribution in [0.15, 0.2) is 12.2 Å². The normalized spacial score (nSPS) is 21.0. The van der Waals surface area contributed by atoms with Crippen molar-refractivity contribution in [2.75, 3.05) is 13.2 Å². The van der Waals surface area contributed by atoms with Crippen LogP contribution in [0.25, 0.3) is 0 Å². The van der Waals surface area contributed by atoms with Gasteiger partial charge in [0.05, 0.1) is 25.4 Å². The summed E-state index contributed by atoms with van der Waals surface area (Å²) in [6.07, 6.45) is 32.3. The highest BCUT2D eigenvalue weighted by atomic mass is 32.3. The van der Waals surface area contributed by atoms with Crippen molar-refractivity contribution in [1.82, 2.24) is 5.32 Å². The van der Waals surface area contributed by atoms with Crippen molar-refractivity contribution in [3.8, 4) is 0 Å². The lowest BCUT2D eigenvalue weighted by Crippen LogP contribution is -2.61. The molecule has 6 N–H and O–H groups in total. The molecule has 0 spiro atoms. The molecule has 13 heteroatoms. The Balaban J connectivity index is 2.40. The van der Waals surface area contributed by atoms with Crippen LogP contribution >= 0.6 is 0 Å². The summed E-state index contributed by atoms with van der Waals surface area (Å²) in [4.78, 5) is 13.0. The quantitative estimate of drug-likeness (QED) is 0.0195. The molecule has 1 rings (SSSR count). The number of aliphatic hydroxyl groups is 4. The Kier molecular flexibility index (Phi) is 35.4. The third-order valence-corrected chi connectivity index (χ3v) is 12.0. The third kappa shape index (κ3) is 30.5. The minimum absolute atomic E-state index is 0.243. The molecule has 1 heterocycles. The Morgan fingerprint density at radius 1 is 0.661 bits per heavy atom. The number of hydrogen-bond donors (Lipinski definition) is 6. The molecule has 7 atom stereocenters. The molecule has 0 saturated carbocycles. The van der Waals surface area contributed by atoms with Crippen LogP contribution in [0, 0.1) is 0 Å². The van der Waals surface area contributed by atoms with E-state index in [9.17, 15) is 38.2 Å². The van der Waals surface area contributed by atoms with Crippen molar-refractivity contribution in [2.24, 2.45) is 0 Å². The van der Waals surface area contributed by atoms with Gasteiger partial charge in [0.1, 0.15) is 24.4 Å². The number of ether oxygens (including phenoxy) is 2. The molecule has 0 aromatic rings. The van der Waals surface area contributed by atoms with Crippen LogP contribution in [0.1, 0.15) is 219 Å². The zero-order chi connectivity index (χ0) is 43.4. The van der Waals surface area contributed by atoms with E-state index in [2.05, 4.69) is 35.5 Å². The topological polar surface area (TPSA) is 192 Å². The minimum atomic E-state index is -5.07. The second kappa shape index (κ2) is 37.4. The van der Waals surface area contributed by atoms with Crippen LogP contribution < -0.4 is 5.32 Å². The number of aliphatic hydroxyl groups excluding tert-OH is 4. The van der Waals surface area contributed by atoms with E-state index in [1.807, 2.05) is 0 Å². The average Bonchev–Trinajstić information content (AvgIpc) is 3.20. The molecule has 0 aromatic carbocycles. The molecular weight excluding hydrogens is 775 g/mol. The largest absolute Gasteiger partial charge is 0.397 e. The van der Waals surface area contributed by atoms with Crippen molar-refractivity contribution in [1.29, 1.82) is 0 Å². The first-order chi connectivity index (χ1) is 28.5. The number of allylic oxidation sites excluding steroid dienone is 2. The van der Waals surface area contributed by atoms with Gasteiger partial charge in [-0.25, -0.2) is 4.18 Å². The van der Waals surface area contributed by atoms with Crippen LogP contribution in [-0.4, -0.2) is 95.4 Å². The summed E-state index contributed by atoms with van der Waals surface area (Å²) in [5.41, 5.74) is 0. The Morgan fingerprint density at radius 3 is 1.58 bits per heavy atom. The molecule has 12 nitrogen and oxygen atoms in total. The van der Waals surface area contributed by atoms with E-state index in [4.69, 9.17) is 9.47 Å². The van der Waals surface area contributed by atoms with Crippen LogP contribution in [0.3, 0.4) is 0 Å². The molecule has 1 aliphatic heterocycles. The maximum Gasteiger partial charge on any atom is 0.397 e. The van der Waals surface area contributed by atoms with E-state index in [1.54, 1.807) is 0 Å². The summed E-state index contributed by atoms with van der Waals surface area (Å²) in [6, 6.07) is -0.859. The van der Waals surface area contributed by atoms with Gasteiger partial charge in [0.15, 0.2) is 6.29 Å². The van der Waals surface area contributed by atoms with E-state index in [1.165, 1.54) is 128 Å². The van der Waals surface area contributed by atoms with Gasteiger partial charge in [0.2, 0.25) is 5.91 Å². The molecule has 1 amide bonds. The van der Waals surface area contributed by atoms with Gasteiger partial charge in [0, 0.05) is 6.42 Å². The highest BCUT2D eigenvalue weighted by molar-refractivity contribution is 7.80. The zero-order valence-corrected chi connectivity index (χ0v) is 38.1. The van der Waals surface area contributed by atoms with Gasteiger partial charge < -0.3 is 35.2 Å². The van der Waals surface area contributed by atoms with Crippen molar-refractivity contribution in [3.63, 3.8) is 0 Å². The van der Waals surface area contributed by atoms with Crippen LogP contribution in [0.4, 0.5) is 0 Å². The first-order valence-corrected chi connectivity index (χ1v) is 25.4. The highest BCUT2D eigenvalue weighted by Crippen LogP contribution is 2.26. The van der Waals surface area contributed by atoms with Crippen LogP contribution in [0.5, 0.6) is 0 Å². The number of rotatable bonds is 41. The Labute approximate surface area is 360 Å². The van der Waals surface area contributed by atoms with Crippen molar-refractivity contribution in [2.45, 2.75) is 262 Å². The summed E-state index contributed by atoms with van der Waals surface area (Å²) >= 11 is 0. The van der Waals surface area contributed by atoms with Gasteiger partial charge in [-0.3, -0.25) is 9.35 Å². The maximum absolute atomic E-state index is 13.0. The van der Waals surface area contributed by atoms with Crippen LogP contribution in [0.2, 0.25) is 0 Å². The van der Waals surface area contributed by atoms with Crippen LogP contribution in [-0.2, 0) is 28.9 Å². The number of carbonyl (C=O) groups excluding carboxylic acids is 1. The zero-order valence-electron chi connectivity index (χ0n) is 37.3. The number of amides is 1. The molecule has 0 radical (unpaired) electrons. The SMILES string of the molecule is CCCC/C=C\CCCCCCC(=O)NC(COC1OC(CO)C(O)C(OS(=O)(=O)O)C1O)C(O)CCCCCCCCCCCCCCCCCCCCCCCC. The third-order valence-electron chi connectivity index (χ3n) is 11.6. The summed E-state index contributed by atoms with van der Waals surface area (Å²) in [6.45, 7) is 3.40. The summed E-state index contributed by atoms with van der Waals surface area (Å²) in [7, 11) is -5.07. The smallest absolute Gasteiger partial charge is 0.394 e. The summed E-state index contributed by atoms with van der Waals surface area (Å²) in [5.74, 6) is -0.243. The monoisotopic (exact) mass is 864 g/mol. The van der Waals surface area contributed by atoms with Crippen molar-refractivity contribution < 1.29 is 51.8 Å². The first-order valence-electron chi connectivity index (χ1n) is 24.1. The lowest BCUT2D eigenvalue weighted by molar-refractivity contribution is -0.298. The summed E-state index contributed by atoms with van der Waals surface area (Å²) in [5, 5.41) is 44.8. The number of carbonyl (C=O) groups is 1. The molecule has 7 unspecified atom stereocenters. The molecular formula is C46H89NO11S. The van der Waals surface area contributed by atoms with Gasteiger partial charge in [0.25, 0.3) is 0 Å². The maximum atomic E-state index is 13.0. The number of unbranched alkanes of at least 4 members (excludes halogenated alkanes) is 27. The molecule has 0 bridgehead atoms. The van der Waals surface area contributed by atoms with Gasteiger partial charge in [-0.1, -0.05) is 193 Å². The second-order valence-electron chi connectivity index (χ2n) is 17.0. The molecule has 59 heavy (non-hydrogen) atoms. The number of nitrogens with one attached hydrogen (secondary N) is 1. The Hall–Kier alpha value is -1.16. The van der Waals surface area contributed by atoms with Crippen molar-refractivity contribution in [3.05, 3.63) is 12.2 Å². The Morgan fingerprint density at radius 2 is 1.10 bits per heavy atom. The lowest BCUT2D eigenvalue weighted by Gasteiger charge is -2.41. The number of hydrogen-bond acceptors (Lipinski definition) is 10. The highest BCUT2D eigenvalue weighted by Gasteiger charge is 2.48. The minimum Gasteiger partial charge on any atom is -0.394 e. The molecule has 350 valence electrons. The van der Waals surface area contributed by atoms with E-state index in [0.717, 1.165) is 57.8 Å². The summed E-state index contributed by atoms with van der Waals surface area (Å²) < 4.78 is 47.6. The van der Waals surface area contributed by atoms with Gasteiger partial charge in [-0.05, 0) is 32.1 Å². The van der Waals surface area contributed by atoms with Gasteiger partial charge >= 0.3 is 10.4 Å². The standard InChI is InChI=1S/C46H89NO11S/c1-3-5-7-9-11-13-15-16-17-18-19-20-21-22-23-24-25-26-27-29-31-33-35-40(49)39(47-42(50)36-34-32-30-28-14-12-10-8-6-4-2)38-56-46-44(52)45(58-59(53,54)55)43(51)41(37-48)57-46/h10,12,39-41,43-46,48-49,51-52H,3-9,11,13-38H2,1-2H3,(H,47,50)(H,53,54,55)/b12-10-. The molecule has 0 aliphatic carbocycles. The van der Waals surface area contributed by atoms with E-state index < -0.39 is 59.9 Å². The van der Waals surface area contributed by atoms with Gasteiger partial charge in [-0.2, -0.15) is 8.42 Å². The van der Waals surface area contributed by atoms with E-state index in [0.29, 0.717) is 12.8 Å². The molecule has 1 saturated heterocycles. The predicted molar refractivity (Wildman–Crippen MR) is 236 cm³/mol.